The number of pyridine rings is 1. The third kappa shape index (κ3) is 3.59. The zero-order chi connectivity index (χ0) is 12.1. The molecule has 0 amide bonds. The summed E-state index contributed by atoms with van der Waals surface area (Å²) in [7, 11) is -1.40. The van der Waals surface area contributed by atoms with Gasteiger partial charge in [-0.25, -0.2) is 0 Å². The molecule has 0 aliphatic heterocycles. The van der Waals surface area contributed by atoms with Gasteiger partial charge in [0.25, 0.3) is 0 Å². The molecule has 2 rings (SSSR count). The molecule has 1 aromatic carbocycles. The Hall–Kier alpha value is -1.30. The summed E-state index contributed by atoms with van der Waals surface area (Å²) >= 11 is 1.69. The van der Waals surface area contributed by atoms with Crippen molar-refractivity contribution in [2.45, 2.75) is 10.6 Å². The van der Waals surface area contributed by atoms with Crippen LogP contribution in [-0.4, -0.2) is 22.2 Å². The van der Waals surface area contributed by atoms with Gasteiger partial charge in [-0.3, -0.25) is 4.98 Å². The lowest BCUT2D eigenvalue weighted by molar-refractivity contribution is 0.426. The van der Waals surface area contributed by atoms with E-state index in [1.807, 2.05) is 30.5 Å². The highest BCUT2D eigenvalue weighted by Crippen LogP contribution is 2.21. The van der Waals surface area contributed by atoms with Crippen LogP contribution in [0.5, 0.6) is 0 Å². The Morgan fingerprint density at radius 2 is 1.88 bits per heavy atom. The minimum Gasteiger partial charge on any atom is -0.423 e. The maximum absolute atomic E-state index is 8.96. The molecule has 0 unspecified atom stereocenters. The van der Waals surface area contributed by atoms with Crippen LogP contribution in [0.4, 0.5) is 0 Å². The van der Waals surface area contributed by atoms with Crippen molar-refractivity contribution in [3.05, 3.63) is 54.4 Å². The second kappa shape index (κ2) is 5.86. The van der Waals surface area contributed by atoms with Crippen LogP contribution in [0.3, 0.4) is 0 Å². The minimum atomic E-state index is -1.40. The highest BCUT2D eigenvalue weighted by atomic mass is 32.2. The third-order valence-electron chi connectivity index (χ3n) is 2.31. The van der Waals surface area contributed by atoms with Crippen LogP contribution >= 0.6 is 11.8 Å². The van der Waals surface area contributed by atoms with Gasteiger partial charge in [0.1, 0.15) is 0 Å². The molecule has 1 heterocycles. The first-order valence-corrected chi connectivity index (χ1v) is 6.22. The third-order valence-corrected chi connectivity index (χ3v) is 3.39. The van der Waals surface area contributed by atoms with Crippen molar-refractivity contribution in [2.75, 3.05) is 0 Å². The normalized spacial score (nSPS) is 10.2. The average Bonchev–Trinajstić information content (AvgIpc) is 2.38. The molecule has 0 fully saturated rings. The highest BCUT2D eigenvalue weighted by molar-refractivity contribution is 7.98. The van der Waals surface area contributed by atoms with Gasteiger partial charge < -0.3 is 10.0 Å². The standard InChI is InChI=1S/C12H12BNO2S/c15-13(16)11-3-5-12(6-4-11)17-9-10-2-1-7-14-8-10/h1-8,15-16H,9H2. The van der Waals surface area contributed by atoms with Crippen LogP contribution in [0.25, 0.3) is 0 Å². The second-order valence-corrected chi connectivity index (χ2v) is 4.64. The quantitative estimate of drug-likeness (QED) is 0.624. The fourth-order valence-electron chi connectivity index (χ4n) is 1.39. The van der Waals surface area contributed by atoms with Crippen LogP contribution in [0, 0.1) is 0 Å². The minimum absolute atomic E-state index is 0.510. The van der Waals surface area contributed by atoms with Gasteiger partial charge in [-0.1, -0.05) is 18.2 Å². The van der Waals surface area contributed by atoms with E-state index in [1.54, 1.807) is 30.1 Å². The van der Waals surface area contributed by atoms with Crippen LogP contribution in [0.1, 0.15) is 5.56 Å². The van der Waals surface area contributed by atoms with E-state index in [0.29, 0.717) is 5.46 Å². The van der Waals surface area contributed by atoms with Gasteiger partial charge in [-0.15, -0.1) is 11.8 Å². The average molecular weight is 245 g/mol. The molecule has 17 heavy (non-hydrogen) atoms. The van der Waals surface area contributed by atoms with E-state index >= 15 is 0 Å². The predicted molar refractivity (Wildman–Crippen MR) is 70.1 cm³/mol. The smallest absolute Gasteiger partial charge is 0.423 e. The number of rotatable bonds is 4. The number of nitrogens with zero attached hydrogens (tertiary/aromatic N) is 1. The zero-order valence-electron chi connectivity index (χ0n) is 9.15. The molecule has 0 aliphatic carbocycles. The molecule has 2 aromatic rings. The van der Waals surface area contributed by atoms with Crippen molar-refractivity contribution in [1.29, 1.82) is 0 Å². The molecule has 0 saturated heterocycles. The molecule has 3 nitrogen and oxygen atoms in total. The van der Waals surface area contributed by atoms with E-state index in [1.165, 1.54) is 5.56 Å². The molecule has 2 N–H and O–H groups in total. The number of benzene rings is 1. The van der Waals surface area contributed by atoms with E-state index < -0.39 is 7.12 Å². The summed E-state index contributed by atoms with van der Waals surface area (Å²) in [6.07, 6.45) is 3.60. The van der Waals surface area contributed by atoms with Crippen LogP contribution in [0.2, 0.25) is 0 Å². The summed E-state index contributed by atoms with van der Waals surface area (Å²) in [5.41, 5.74) is 1.68. The van der Waals surface area contributed by atoms with Gasteiger partial charge >= 0.3 is 7.12 Å². The van der Waals surface area contributed by atoms with E-state index in [2.05, 4.69) is 4.98 Å². The first kappa shape index (κ1) is 12.2. The molecule has 0 atom stereocenters. The van der Waals surface area contributed by atoms with Gasteiger partial charge in [0.15, 0.2) is 0 Å². The fraction of sp³-hybridized carbons (Fsp3) is 0.0833. The molecule has 5 heteroatoms. The molecule has 0 radical (unpaired) electrons. The summed E-state index contributed by atoms with van der Waals surface area (Å²) in [4.78, 5) is 5.15. The molecular formula is C12H12BNO2S. The number of hydrogen-bond acceptors (Lipinski definition) is 4. The van der Waals surface area contributed by atoms with Gasteiger partial charge in [0.05, 0.1) is 0 Å². The lowest BCUT2D eigenvalue weighted by Crippen LogP contribution is -2.29. The van der Waals surface area contributed by atoms with Gasteiger partial charge in [-0.05, 0) is 29.2 Å². The highest BCUT2D eigenvalue weighted by Gasteiger charge is 2.09. The summed E-state index contributed by atoms with van der Waals surface area (Å²) in [5, 5.41) is 17.9. The van der Waals surface area contributed by atoms with Crippen molar-refractivity contribution in [3.63, 3.8) is 0 Å². The van der Waals surface area contributed by atoms with Crippen molar-refractivity contribution >= 4 is 24.3 Å². The molecule has 86 valence electrons. The first-order chi connectivity index (χ1) is 8.25. The monoisotopic (exact) mass is 245 g/mol. The largest absolute Gasteiger partial charge is 0.488 e. The van der Waals surface area contributed by atoms with E-state index in [0.717, 1.165) is 10.6 Å². The van der Waals surface area contributed by atoms with Gasteiger partial charge in [0.2, 0.25) is 0 Å². The molecule has 0 spiro atoms. The Morgan fingerprint density at radius 3 is 2.47 bits per heavy atom. The van der Waals surface area contributed by atoms with E-state index in [4.69, 9.17) is 10.0 Å². The lowest BCUT2D eigenvalue weighted by Gasteiger charge is -2.03. The zero-order valence-corrected chi connectivity index (χ0v) is 9.97. The Kier molecular flexibility index (Phi) is 4.20. The van der Waals surface area contributed by atoms with Crippen LogP contribution in [0.15, 0.2) is 53.7 Å². The number of thioether (sulfide) groups is 1. The lowest BCUT2D eigenvalue weighted by atomic mass is 9.81. The van der Waals surface area contributed by atoms with Crippen LogP contribution < -0.4 is 5.46 Å². The topological polar surface area (TPSA) is 53.4 Å². The molecule has 0 saturated carbocycles. The SMILES string of the molecule is OB(O)c1ccc(SCc2cccnc2)cc1. The molecule has 1 aromatic heterocycles. The fourth-order valence-corrected chi connectivity index (χ4v) is 2.22. The maximum Gasteiger partial charge on any atom is 0.488 e. The summed E-state index contributed by atoms with van der Waals surface area (Å²) in [5.74, 6) is 0.856. The second-order valence-electron chi connectivity index (χ2n) is 3.59. The number of hydrogen-bond donors (Lipinski definition) is 2. The van der Waals surface area contributed by atoms with Crippen molar-refractivity contribution in [1.82, 2.24) is 4.98 Å². The summed E-state index contributed by atoms with van der Waals surface area (Å²) in [6, 6.07) is 11.2. The predicted octanol–water partition coefficient (Wildman–Crippen LogP) is 1.05. The molecular weight excluding hydrogens is 233 g/mol. The van der Waals surface area contributed by atoms with E-state index in [9.17, 15) is 0 Å². The first-order valence-electron chi connectivity index (χ1n) is 5.23. The van der Waals surface area contributed by atoms with Gasteiger partial charge in [0, 0.05) is 23.0 Å². The molecule has 0 bridgehead atoms. The summed E-state index contributed by atoms with van der Waals surface area (Å²) < 4.78 is 0. The van der Waals surface area contributed by atoms with Crippen LogP contribution in [-0.2, 0) is 5.75 Å². The Labute approximate surface area is 105 Å². The van der Waals surface area contributed by atoms with E-state index in [-0.39, 0.29) is 0 Å². The molecule has 0 aliphatic rings. The number of aromatic nitrogens is 1. The van der Waals surface area contributed by atoms with Crippen molar-refractivity contribution in [3.8, 4) is 0 Å². The Bertz CT molecular complexity index is 462. The maximum atomic E-state index is 8.96. The van der Waals surface area contributed by atoms with Crippen molar-refractivity contribution in [2.24, 2.45) is 0 Å². The Morgan fingerprint density at radius 1 is 1.12 bits per heavy atom. The van der Waals surface area contributed by atoms with Gasteiger partial charge in [-0.2, -0.15) is 0 Å². The summed E-state index contributed by atoms with van der Waals surface area (Å²) in [6.45, 7) is 0. The Balaban J connectivity index is 1.96. The van der Waals surface area contributed by atoms with Crippen molar-refractivity contribution < 1.29 is 10.0 Å².